The molecule has 0 aliphatic carbocycles. The van der Waals surface area contributed by atoms with E-state index in [-0.39, 0.29) is 11.8 Å². The first-order chi connectivity index (χ1) is 10.2. The van der Waals surface area contributed by atoms with E-state index < -0.39 is 0 Å². The molecule has 1 atom stereocenters. The van der Waals surface area contributed by atoms with E-state index in [1.165, 1.54) is 0 Å². The van der Waals surface area contributed by atoms with E-state index in [9.17, 15) is 4.79 Å². The van der Waals surface area contributed by atoms with Crippen LogP contribution in [0.1, 0.15) is 13.3 Å². The highest BCUT2D eigenvalue weighted by Crippen LogP contribution is 2.24. The Morgan fingerprint density at radius 1 is 1.14 bits per heavy atom. The molecule has 0 heterocycles. The van der Waals surface area contributed by atoms with Crippen LogP contribution >= 0.6 is 0 Å². The zero-order valence-electron chi connectivity index (χ0n) is 12.1. The topological polar surface area (TPSA) is 64.4 Å². The van der Waals surface area contributed by atoms with Gasteiger partial charge in [0.25, 0.3) is 0 Å². The molecule has 1 unspecified atom stereocenters. The Morgan fingerprint density at radius 3 is 2.57 bits per heavy atom. The van der Waals surface area contributed by atoms with E-state index in [0.29, 0.717) is 18.7 Å². The van der Waals surface area contributed by atoms with Gasteiger partial charge in [-0.3, -0.25) is 4.79 Å². The molecule has 0 saturated carbocycles. The molecule has 0 bridgehead atoms. The number of benzene rings is 2. The summed E-state index contributed by atoms with van der Waals surface area (Å²) in [7, 11) is 0. The van der Waals surface area contributed by atoms with Gasteiger partial charge in [0.15, 0.2) is 0 Å². The third-order valence-electron chi connectivity index (χ3n) is 3.03. The van der Waals surface area contributed by atoms with Gasteiger partial charge in [-0.2, -0.15) is 0 Å². The average molecular weight is 284 g/mol. The lowest BCUT2D eigenvalue weighted by Gasteiger charge is -2.11. The predicted molar refractivity (Wildman–Crippen MR) is 84.4 cm³/mol. The van der Waals surface area contributed by atoms with Crippen LogP contribution in [0, 0.1) is 5.92 Å². The average Bonchev–Trinajstić information content (AvgIpc) is 2.48. The summed E-state index contributed by atoms with van der Waals surface area (Å²) in [6.45, 7) is 2.46. The number of nitrogens with two attached hydrogens (primary N) is 1. The summed E-state index contributed by atoms with van der Waals surface area (Å²) in [6, 6.07) is 16.9. The van der Waals surface area contributed by atoms with E-state index in [2.05, 4.69) is 5.32 Å². The van der Waals surface area contributed by atoms with Gasteiger partial charge in [-0.1, -0.05) is 31.2 Å². The van der Waals surface area contributed by atoms with Crippen molar-refractivity contribution >= 4 is 11.6 Å². The maximum absolute atomic E-state index is 11.8. The lowest BCUT2D eigenvalue weighted by molar-refractivity contribution is -0.116. The van der Waals surface area contributed by atoms with Crippen LogP contribution in [0.4, 0.5) is 5.69 Å². The number of rotatable bonds is 6. The van der Waals surface area contributed by atoms with Crippen molar-refractivity contribution in [2.45, 2.75) is 13.3 Å². The zero-order chi connectivity index (χ0) is 15.1. The number of carbonyl (C=O) groups is 1. The van der Waals surface area contributed by atoms with Crippen LogP contribution in [0.5, 0.6) is 11.5 Å². The molecule has 0 spiro atoms. The maximum atomic E-state index is 11.8. The Morgan fingerprint density at radius 2 is 1.86 bits per heavy atom. The molecule has 3 N–H and O–H groups in total. The molecular weight excluding hydrogens is 264 g/mol. The van der Waals surface area contributed by atoms with Crippen molar-refractivity contribution in [1.29, 1.82) is 0 Å². The molecule has 4 heteroatoms. The molecule has 0 aromatic heterocycles. The van der Waals surface area contributed by atoms with Crippen molar-refractivity contribution in [2.75, 3.05) is 11.9 Å². The van der Waals surface area contributed by atoms with Crippen molar-refractivity contribution < 1.29 is 9.53 Å². The second-order valence-electron chi connectivity index (χ2n) is 5.04. The Bertz CT molecular complexity index is 584. The third kappa shape index (κ3) is 4.93. The smallest absolute Gasteiger partial charge is 0.224 e. The van der Waals surface area contributed by atoms with Gasteiger partial charge in [-0.15, -0.1) is 0 Å². The minimum absolute atomic E-state index is 0.0372. The molecule has 0 aliphatic rings. The highest BCUT2D eigenvalue weighted by molar-refractivity contribution is 5.91. The fourth-order valence-corrected chi connectivity index (χ4v) is 1.87. The molecule has 0 fully saturated rings. The Balaban J connectivity index is 1.99. The van der Waals surface area contributed by atoms with Crippen molar-refractivity contribution in [2.24, 2.45) is 11.7 Å². The van der Waals surface area contributed by atoms with Crippen molar-refractivity contribution in [3.63, 3.8) is 0 Å². The molecule has 4 nitrogen and oxygen atoms in total. The van der Waals surface area contributed by atoms with Gasteiger partial charge >= 0.3 is 0 Å². The number of nitrogens with one attached hydrogen (secondary N) is 1. The van der Waals surface area contributed by atoms with Gasteiger partial charge in [0.2, 0.25) is 5.91 Å². The van der Waals surface area contributed by atoms with Crippen LogP contribution in [0.15, 0.2) is 54.6 Å². The number of anilines is 1. The van der Waals surface area contributed by atoms with Crippen molar-refractivity contribution in [1.82, 2.24) is 0 Å². The van der Waals surface area contributed by atoms with Crippen LogP contribution in [0.2, 0.25) is 0 Å². The number of para-hydroxylation sites is 1. The minimum Gasteiger partial charge on any atom is -0.457 e. The van der Waals surface area contributed by atoms with Gasteiger partial charge in [-0.25, -0.2) is 0 Å². The second kappa shape index (κ2) is 7.45. The summed E-state index contributed by atoms with van der Waals surface area (Å²) >= 11 is 0. The van der Waals surface area contributed by atoms with Gasteiger partial charge in [0, 0.05) is 18.2 Å². The number of hydrogen-bond acceptors (Lipinski definition) is 3. The van der Waals surface area contributed by atoms with Crippen molar-refractivity contribution in [3.05, 3.63) is 54.6 Å². The van der Waals surface area contributed by atoms with Crippen LogP contribution < -0.4 is 15.8 Å². The molecule has 0 radical (unpaired) electrons. The zero-order valence-corrected chi connectivity index (χ0v) is 12.1. The molecular formula is C17H20N2O2. The molecule has 0 saturated heterocycles. The summed E-state index contributed by atoms with van der Waals surface area (Å²) < 4.78 is 5.73. The molecule has 0 aliphatic heterocycles. The summed E-state index contributed by atoms with van der Waals surface area (Å²) in [5, 5.41) is 2.86. The molecule has 2 aromatic carbocycles. The van der Waals surface area contributed by atoms with Gasteiger partial charge in [0.05, 0.1) is 0 Å². The molecule has 2 aromatic rings. The second-order valence-corrected chi connectivity index (χ2v) is 5.04. The van der Waals surface area contributed by atoms with E-state index >= 15 is 0 Å². The third-order valence-corrected chi connectivity index (χ3v) is 3.03. The molecule has 21 heavy (non-hydrogen) atoms. The fourth-order valence-electron chi connectivity index (χ4n) is 1.87. The summed E-state index contributed by atoms with van der Waals surface area (Å²) in [5.74, 6) is 1.59. The number of amides is 1. The van der Waals surface area contributed by atoms with Gasteiger partial charge < -0.3 is 15.8 Å². The van der Waals surface area contributed by atoms with Crippen LogP contribution in [0.3, 0.4) is 0 Å². The summed E-state index contributed by atoms with van der Waals surface area (Å²) in [4.78, 5) is 11.8. The normalized spacial score (nSPS) is 11.7. The molecule has 1 amide bonds. The summed E-state index contributed by atoms with van der Waals surface area (Å²) in [6.07, 6.45) is 0.417. The number of hydrogen-bond donors (Lipinski definition) is 2. The van der Waals surface area contributed by atoms with Crippen LogP contribution in [-0.2, 0) is 4.79 Å². The van der Waals surface area contributed by atoms with Gasteiger partial charge in [0.1, 0.15) is 11.5 Å². The molecule has 2 rings (SSSR count). The largest absolute Gasteiger partial charge is 0.457 e. The predicted octanol–water partition coefficient (Wildman–Crippen LogP) is 3.40. The number of ether oxygens (including phenoxy) is 1. The minimum atomic E-state index is -0.0372. The van der Waals surface area contributed by atoms with Crippen LogP contribution in [-0.4, -0.2) is 12.5 Å². The first-order valence-electron chi connectivity index (χ1n) is 7.00. The summed E-state index contributed by atoms with van der Waals surface area (Å²) in [5.41, 5.74) is 6.24. The van der Waals surface area contributed by atoms with Gasteiger partial charge in [-0.05, 0) is 36.7 Å². The van der Waals surface area contributed by atoms with E-state index in [1.54, 1.807) is 6.07 Å². The Hall–Kier alpha value is -2.33. The monoisotopic (exact) mass is 284 g/mol. The van der Waals surface area contributed by atoms with E-state index in [4.69, 9.17) is 10.5 Å². The first-order valence-corrected chi connectivity index (χ1v) is 7.00. The number of carbonyl (C=O) groups excluding carboxylic acids is 1. The lowest BCUT2D eigenvalue weighted by atomic mass is 10.1. The quantitative estimate of drug-likeness (QED) is 0.854. The lowest BCUT2D eigenvalue weighted by Crippen LogP contribution is -2.20. The van der Waals surface area contributed by atoms with E-state index in [1.807, 2.05) is 55.5 Å². The highest BCUT2D eigenvalue weighted by Gasteiger charge is 2.08. The first kappa shape index (κ1) is 15.1. The van der Waals surface area contributed by atoms with Crippen molar-refractivity contribution in [3.8, 4) is 11.5 Å². The molecule has 110 valence electrons. The Labute approximate surface area is 124 Å². The fraction of sp³-hybridized carbons (Fsp3) is 0.235. The standard InChI is InChI=1S/C17H20N2O2/c1-13(12-18)10-17(20)19-14-6-5-9-16(11-14)21-15-7-3-2-4-8-15/h2-9,11,13H,10,12,18H2,1H3,(H,19,20). The SMILES string of the molecule is CC(CN)CC(=O)Nc1cccc(Oc2ccccc2)c1. The maximum Gasteiger partial charge on any atom is 0.224 e. The van der Waals surface area contributed by atoms with E-state index in [0.717, 1.165) is 11.4 Å². The highest BCUT2D eigenvalue weighted by atomic mass is 16.5. The van der Waals surface area contributed by atoms with Crippen LogP contribution in [0.25, 0.3) is 0 Å². The Kier molecular flexibility index (Phi) is 5.35.